The number of benzene rings is 9. The van der Waals surface area contributed by atoms with Crippen molar-refractivity contribution in [3.63, 3.8) is 0 Å². The molecule has 2 aliphatic carbocycles. The quantitative estimate of drug-likeness (QED) is 0.170. The van der Waals surface area contributed by atoms with Crippen LogP contribution in [0.5, 0.6) is 0 Å². The van der Waals surface area contributed by atoms with E-state index in [1.165, 1.54) is 77.4 Å². The predicted octanol–water partition coefficient (Wildman–Crippen LogP) is 14.9. The van der Waals surface area contributed by atoms with Gasteiger partial charge in [0.25, 0.3) is 0 Å². The Labute approximate surface area is 369 Å². The lowest BCUT2D eigenvalue weighted by atomic mass is 9.66. The molecule has 3 aliphatic rings. The van der Waals surface area contributed by atoms with Crippen molar-refractivity contribution in [2.75, 3.05) is 0 Å². The highest BCUT2D eigenvalue weighted by Gasteiger charge is 2.48. The van der Waals surface area contributed by atoms with E-state index in [1.54, 1.807) is 0 Å². The minimum absolute atomic E-state index is 0.0318. The molecule has 12 rings (SSSR count). The van der Waals surface area contributed by atoms with Crippen LogP contribution in [0.2, 0.25) is 0 Å². The third kappa shape index (κ3) is 6.05. The van der Waals surface area contributed by atoms with Gasteiger partial charge in [-0.2, -0.15) is 0 Å². The zero-order chi connectivity index (χ0) is 41.7. The molecule has 298 valence electrons. The second-order valence-electron chi connectivity index (χ2n) is 16.9. The summed E-state index contributed by atoms with van der Waals surface area (Å²) >= 11 is 0. The van der Waals surface area contributed by atoms with Crippen LogP contribution in [0.1, 0.15) is 63.4 Å². The lowest BCUT2D eigenvalue weighted by Gasteiger charge is -2.35. The highest BCUT2D eigenvalue weighted by Crippen LogP contribution is 2.60. The van der Waals surface area contributed by atoms with Gasteiger partial charge in [0.05, 0.1) is 17.2 Å². The third-order valence-corrected chi connectivity index (χ3v) is 13.4. The van der Waals surface area contributed by atoms with Crippen molar-refractivity contribution in [2.24, 2.45) is 4.99 Å². The Kier molecular flexibility index (Phi) is 8.97. The normalized spacial score (nSPS) is 16.1. The Balaban J connectivity index is 1.09. The van der Waals surface area contributed by atoms with Gasteiger partial charge in [0.2, 0.25) is 0 Å². The molecule has 0 radical (unpaired) electrons. The Morgan fingerprint density at radius 1 is 0.492 bits per heavy atom. The zero-order valence-corrected chi connectivity index (χ0v) is 34.9. The van der Waals surface area contributed by atoms with Crippen molar-refractivity contribution in [1.82, 2.24) is 5.32 Å². The molecule has 0 saturated heterocycles. The number of aliphatic imine (C=N–C) groups is 1. The molecule has 0 aromatic heterocycles. The van der Waals surface area contributed by atoms with Gasteiger partial charge in [-0.25, -0.2) is 4.99 Å². The van der Waals surface area contributed by atoms with Crippen molar-refractivity contribution in [3.05, 3.63) is 275 Å². The molecule has 1 atom stereocenters. The molecule has 1 N–H and O–H groups in total. The second kappa shape index (κ2) is 15.3. The average molecular weight is 805 g/mol. The summed E-state index contributed by atoms with van der Waals surface area (Å²) in [6, 6.07) is 75.8. The van der Waals surface area contributed by atoms with E-state index in [-0.39, 0.29) is 6.04 Å². The van der Waals surface area contributed by atoms with Gasteiger partial charge < -0.3 is 5.32 Å². The third-order valence-electron chi connectivity index (χ3n) is 13.4. The smallest absolute Gasteiger partial charge is 0.135 e. The van der Waals surface area contributed by atoms with Gasteiger partial charge >= 0.3 is 0 Å². The fourth-order valence-corrected chi connectivity index (χ4v) is 10.6. The highest BCUT2D eigenvalue weighted by atomic mass is 15.0. The number of amidine groups is 1. The molecule has 0 spiro atoms. The van der Waals surface area contributed by atoms with Crippen LogP contribution in [0.4, 0.5) is 0 Å². The van der Waals surface area contributed by atoms with Crippen LogP contribution in [0, 0.1) is 0 Å². The summed E-state index contributed by atoms with van der Waals surface area (Å²) in [5.41, 5.74) is 16.6. The molecular weight excluding hydrogens is 761 g/mol. The number of nitrogens with zero attached hydrogens (tertiary/aromatic N) is 1. The van der Waals surface area contributed by atoms with Crippen molar-refractivity contribution >= 4 is 38.7 Å². The number of fused-ring (bicyclic) bond motifs is 6. The topological polar surface area (TPSA) is 24.4 Å². The van der Waals surface area contributed by atoms with E-state index in [2.05, 4.69) is 236 Å². The van der Waals surface area contributed by atoms with Gasteiger partial charge in [0.15, 0.2) is 0 Å². The number of rotatable bonds is 7. The number of hydrogen-bond acceptors (Lipinski definition) is 2. The molecule has 9 aromatic carbocycles. The first-order valence-electron chi connectivity index (χ1n) is 22.1. The molecule has 0 bridgehead atoms. The van der Waals surface area contributed by atoms with Crippen LogP contribution in [0.15, 0.2) is 236 Å². The summed E-state index contributed by atoms with van der Waals surface area (Å²) in [5.74, 6) is 0.870. The summed E-state index contributed by atoms with van der Waals surface area (Å²) in [6.45, 7) is 0. The first kappa shape index (κ1) is 37.0. The number of allylic oxidation sites excluding steroid dienone is 4. The molecule has 2 heteroatoms. The van der Waals surface area contributed by atoms with Crippen molar-refractivity contribution in [3.8, 4) is 22.3 Å². The van der Waals surface area contributed by atoms with Crippen LogP contribution in [-0.2, 0) is 5.41 Å². The molecule has 1 aliphatic heterocycles. The van der Waals surface area contributed by atoms with Crippen LogP contribution in [0.3, 0.4) is 0 Å². The fraction of sp³-hybridized carbons (Fsp3) is 0.0656. The summed E-state index contributed by atoms with van der Waals surface area (Å²) in [6.07, 6.45) is 11.5. The Morgan fingerprint density at radius 3 is 1.79 bits per heavy atom. The maximum absolute atomic E-state index is 5.34. The molecule has 9 aromatic rings. The SMILES string of the molecule is C1=CC(c2cc3ccccc3c3c2-c2ccc(-c4ccc(C5=NC(c6ccccc6)=CC(c6ccccc6)N5)c5ccccc45)cc2C3(c2ccccc2)c2ccccc2)=CCC1. The lowest BCUT2D eigenvalue weighted by Crippen LogP contribution is -2.31. The van der Waals surface area contributed by atoms with E-state index in [4.69, 9.17) is 4.99 Å². The first-order valence-corrected chi connectivity index (χ1v) is 22.1. The van der Waals surface area contributed by atoms with E-state index < -0.39 is 5.41 Å². The zero-order valence-electron chi connectivity index (χ0n) is 34.9. The van der Waals surface area contributed by atoms with Gasteiger partial charge in [-0.3, -0.25) is 0 Å². The van der Waals surface area contributed by atoms with Gasteiger partial charge in [0, 0.05) is 5.56 Å². The standard InChI is InChI=1S/C61H44N2/c1-6-20-41(21-7-1)54-38-44-26-16-17-31-49(44)59-58(54)53-35-34-45(39-55(53)61(59,46-27-12-4-13-28-46)47-29-14-5-15-30-47)48-36-37-52(51-33-19-18-32-50(48)51)60-62-56(42-22-8-2-9-23-42)40-57(63-60)43-24-10-3-11-25-43/h2-6,8-40,56H,1,7H2,(H,62,63). The molecule has 0 fully saturated rings. The first-order chi connectivity index (χ1) is 31.3. The van der Waals surface area contributed by atoms with E-state index in [0.29, 0.717) is 0 Å². The maximum atomic E-state index is 5.34. The van der Waals surface area contributed by atoms with Crippen LogP contribution in [0.25, 0.3) is 55.1 Å². The Hall–Kier alpha value is -7.81. The minimum atomic E-state index is -0.582. The van der Waals surface area contributed by atoms with Gasteiger partial charge in [-0.05, 0) is 119 Å². The largest absolute Gasteiger partial charge is 0.359 e. The molecule has 0 saturated carbocycles. The average Bonchev–Trinajstić information content (AvgIpc) is 3.68. The lowest BCUT2D eigenvalue weighted by molar-refractivity contribution is 0.775. The molecule has 2 nitrogen and oxygen atoms in total. The van der Waals surface area contributed by atoms with Crippen LogP contribution >= 0.6 is 0 Å². The van der Waals surface area contributed by atoms with E-state index >= 15 is 0 Å². The second-order valence-corrected chi connectivity index (χ2v) is 16.9. The summed E-state index contributed by atoms with van der Waals surface area (Å²) in [4.78, 5) is 5.34. The van der Waals surface area contributed by atoms with E-state index in [1.807, 2.05) is 0 Å². The monoisotopic (exact) mass is 804 g/mol. The van der Waals surface area contributed by atoms with Gasteiger partial charge in [-0.15, -0.1) is 0 Å². The van der Waals surface area contributed by atoms with Crippen LogP contribution in [-0.4, -0.2) is 5.84 Å². The highest BCUT2D eigenvalue weighted by molar-refractivity contribution is 6.15. The molecule has 63 heavy (non-hydrogen) atoms. The molecular formula is C61H44N2. The van der Waals surface area contributed by atoms with E-state index in [0.717, 1.165) is 40.9 Å². The maximum Gasteiger partial charge on any atom is 0.135 e. The van der Waals surface area contributed by atoms with Crippen molar-refractivity contribution in [2.45, 2.75) is 24.3 Å². The van der Waals surface area contributed by atoms with Gasteiger partial charge in [-0.1, -0.05) is 212 Å². The summed E-state index contributed by atoms with van der Waals surface area (Å²) in [7, 11) is 0. The fourth-order valence-electron chi connectivity index (χ4n) is 10.6. The number of hydrogen-bond donors (Lipinski definition) is 1. The summed E-state index contributed by atoms with van der Waals surface area (Å²) < 4.78 is 0. The number of nitrogens with one attached hydrogen (secondary N) is 1. The molecule has 1 heterocycles. The Morgan fingerprint density at radius 2 is 1.10 bits per heavy atom. The minimum Gasteiger partial charge on any atom is -0.359 e. The molecule has 1 unspecified atom stereocenters. The van der Waals surface area contributed by atoms with Crippen molar-refractivity contribution < 1.29 is 0 Å². The van der Waals surface area contributed by atoms with Gasteiger partial charge in [0.1, 0.15) is 5.84 Å². The Bertz CT molecular complexity index is 3300. The predicted molar refractivity (Wildman–Crippen MR) is 264 cm³/mol. The molecule has 0 amide bonds. The van der Waals surface area contributed by atoms with E-state index in [9.17, 15) is 0 Å². The summed E-state index contributed by atoms with van der Waals surface area (Å²) in [5, 5.41) is 8.74. The van der Waals surface area contributed by atoms with Crippen molar-refractivity contribution in [1.29, 1.82) is 0 Å². The van der Waals surface area contributed by atoms with Crippen LogP contribution < -0.4 is 5.32 Å².